The number of benzene rings is 2. The number of halogens is 1. The van der Waals surface area contributed by atoms with Gasteiger partial charge in [0.2, 0.25) is 5.91 Å². The quantitative estimate of drug-likeness (QED) is 0.699. The summed E-state index contributed by atoms with van der Waals surface area (Å²) < 4.78 is 15.1. The second-order valence-electron chi connectivity index (χ2n) is 7.61. The van der Waals surface area contributed by atoms with Gasteiger partial charge in [-0.15, -0.1) is 0 Å². The van der Waals surface area contributed by atoms with E-state index in [1.165, 1.54) is 12.1 Å². The highest BCUT2D eigenvalue weighted by molar-refractivity contribution is 5.89. The molecule has 0 unspecified atom stereocenters. The molecule has 1 amide bonds. The Kier molecular flexibility index (Phi) is 5.81. The van der Waals surface area contributed by atoms with Crippen LogP contribution in [0.25, 0.3) is 10.9 Å². The summed E-state index contributed by atoms with van der Waals surface area (Å²) in [5.41, 5.74) is 3.28. The molecule has 1 aliphatic heterocycles. The van der Waals surface area contributed by atoms with Gasteiger partial charge in [0.15, 0.2) is 0 Å². The maximum Gasteiger partial charge on any atom is 0.224 e. The van der Waals surface area contributed by atoms with Crippen molar-refractivity contribution in [2.45, 2.75) is 6.42 Å². The van der Waals surface area contributed by atoms with Crippen molar-refractivity contribution in [3.05, 3.63) is 66.1 Å². The van der Waals surface area contributed by atoms with Crippen LogP contribution in [0.3, 0.4) is 0 Å². The number of aromatic nitrogens is 1. The van der Waals surface area contributed by atoms with Gasteiger partial charge in [-0.1, -0.05) is 18.2 Å². The van der Waals surface area contributed by atoms with Gasteiger partial charge in [-0.3, -0.25) is 9.69 Å². The summed E-state index contributed by atoms with van der Waals surface area (Å²) in [7, 11) is 2.01. The standard InChI is InChI=1S/C23H27FN4O/c1-26-17-18(21-4-2-3-5-22(21)26)16-23(29)25-10-11-27-12-14-28(15-13-27)20-8-6-19(24)7-9-20/h2-9,17H,10-16H2,1H3,(H,25,29). The van der Waals surface area contributed by atoms with E-state index in [9.17, 15) is 9.18 Å². The van der Waals surface area contributed by atoms with Crippen molar-refractivity contribution in [2.75, 3.05) is 44.2 Å². The number of nitrogens with one attached hydrogen (secondary N) is 1. The molecular formula is C23H27FN4O. The molecule has 4 rings (SSSR count). The zero-order chi connectivity index (χ0) is 20.2. The van der Waals surface area contributed by atoms with Crippen molar-refractivity contribution >= 4 is 22.5 Å². The van der Waals surface area contributed by atoms with Crippen molar-refractivity contribution in [1.82, 2.24) is 14.8 Å². The summed E-state index contributed by atoms with van der Waals surface area (Å²) in [5.74, 6) is -0.141. The topological polar surface area (TPSA) is 40.5 Å². The largest absolute Gasteiger partial charge is 0.369 e. The van der Waals surface area contributed by atoms with Crippen LogP contribution >= 0.6 is 0 Å². The van der Waals surface area contributed by atoms with Crippen LogP contribution in [-0.2, 0) is 18.3 Å². The van der Waals surface area contributed by atoms with Gasteiger partial charge in [-0.05, 0) is 35.9 Å². The summed E-state index contributed by atoms with van der Waals surface area (Å²) in [5, 5.41) is 4.20. The Morgan fingerprint density at radius 2 is 1.76 bits per heavy atom. The van der Waals surface area contributed by atoms with Gasteiger partial charge in [0.05, 0.1) is 6.42 Å². The molecule has 2 heterocycles. The predicted molar refractivity (Wildman–Crippen MR) is 115 cm³/mol. The second kappa shape index (κ2) is 8.66. The Morgan fingerprint density at radius 1 is 1.03 bits per heavy atom. The van der Waals surface area contributed by atoms with Crippen molar-refractivity contribution in [2.24, 2.45) is 7.05 Å². The highest BCUT2D eigenvalue weighted by atomic mass is 19.1. The molecule has 5 nitrogen and oxygen atoms in total. The number of hydrogen-bond donors (Lipinski definition) is 1. The number of amides is 1. The first-order chi connectivity index (χ1) is 14.1. The van der Waals surface area contributed by atoms with Crippen LogP contribution in [-0.4, -0.2) is 54.6 Å². The first-order valence-corrected chi connectivity index (χ1v) is 10.1. The maximum atomic E-state index is 13.1. The van der Waals surface area contributed by atoms with Gasteiger partial charge < -0.3 is 14.8 Å². The average Bonchev–Trinajstić information content (AvgIpc) is 3.05. The molecule has 29 heavy (non-hydrogen) atoms. The lowest BCUT2D eigenvalue weighted by Crippen LogP contribution is -2.48. The van der Waals surface area contributed by atoms with E-state index in [1.54, 1.807) is 0 Å². The van der Waals surface area contributed by atoms with Crippen LogP contribution in [0.2, 0.25) is 0 Å². The van der Waals surface area contributed by atoms with Crippen molar-refractivity contribution in [1.29, 1.82) is 0 Å². The van der Waals surface area contributed by atoms with Gasteiger partial charge in [0, 0.05) is 69.1 Å². The fraction of sp³-hybridized carbons (Fsp3) is 0.348. The van der Waals surface area contributed by atoms with Crippen LogP contribution < -0.4 is 10.2 Å². The molecule has 1 fully saturated rings. The van der Waals surface area contributed by atoms with Gasteiger partial charge in [0.1, 0.15) is 5.82 Å². The molecule has 0 atom stereocenters. The summed E-state index contributed by atoms with van der Waals surface area (Å²) in [6.07, 6.45) is 2.44. The number of rotatable bonds is 6. The monoisotopic (exact) mass is 394 g/mol. The summed E-state index contributed by atoms with van der Waals surface area (Å²) in [4.78, 5) is 17.0. The Labute approximate surface area is 170 Å². The molecular weight excluding hydrogens is 367 g/mol. The molecule has 6 heteroatoms. The molecule has 3 aromatic rings. The highest BCUT2D eigenvalue weighted by Gasteiger charge is 2.17. The molecule has 1 aromatic heterocycles. The second-order valence-corrected chi connectivity index (χ2v) is 7.61. The number of fused-ring (bicyclic) bond motifs is 1. The molecule has 0 bridgehead atoms. The van der Waals surface area contributed by atoms with Crippen LogP contribution in [0.5, 0.6) is 0 Å². The normalized spacial score (nSPS) is 15.0. The smallest absolute Gasteiger partial charge is 0.224 e. The number of carbonyl (C=O) groups excluding carboxylic acids is 1. The fourth-order valence-corrected chi connectivity index (χ4v) is 4.04. The molecule has 2 aromatic carbocycles. The van der Waals surface area contributed by atoms with E-state index in [-0.39, 0.29) is 11.7 Å². The molecule has 0 spiro atoms. The van der Waals surface area contributed by atoms with E-state index in [0.29, 0.717) is 13.0 Å². The van der Waals surface area contributed by atoms with Gasteiger partial charge in [0.25, 0.3) is 0 Å². The van der Waals surface area contributed by atoms with Crippen molar-refractivity contribution in [3.63, 3.8) is 0 Å². The number of nitrogens with zero attached hydrogens (tertiary/aromatic N) is 3. The first kappa shape index (κ1) is 19.5. The fourth-order valence-electron chi connectivity index (χ4n) is 4.04. The Morgan fingerprint density at radius 3 is 2.52 bits per heavy atom. The Hall–Kier alpha value is -2.86. The minimum absolute atomic E-state index is 0.0614. The lowest BCUT2D eigenvalue weighted by molar-refractivity contribution is -0.120. The SMILES string of the molecule is Cn1cc(CC(=O)NCCN2CCN(c3ccc(F)cc3)CC2)c2ccccc21. The number of aryl methyl sites for hydroxylation is 1. The molecule has 0 radical (unpaired) electrons. The third-order valence-corrected chi connectivity index (χ3v) is 5.64. The highest BCUT2D eigenvalue weighted by Crippen LogP contribution is 2.20. The third kappa shape index (κ3) is 4.59. The van der Waals surface area contributed by atoms with E-state index in [1.807, 2.05) is 37.5 Å². The van der Waals surface area contributed by atoms with E-state index >= 15 is 0 Å². The van der Waals surface area contributed by atoms with Crippen molar-refractivity contribution in [3.8, 4) is 0 Å². The van der Waals surface area contributed by atoms with Gasteiger partial charge in [-0.25, -0.2) is 4.39 Å². The summed E-state index contributed by atoms with van der Waals surface area (Å²) >= 11 is 0. The van der Waals surface area contributed by atoms with Gasteiger partial charge in [-0.2, -0.15) is 0 Å². The number of piperazine rings is 1. The van der Waals surface area contributed by atoms with E-state index in [2.05, 4.69) is 31.8 Å². The average molecular weight is 394 g/mol. The minimum Gasteiger partial charge on any atom is -0.369 e. The number of para-hydroxylation sites is 1. The molecule has 1 aliphatic rings. The number of anilines is 1. The number of hydrogen-bond acceptors (Lipinski definition) is 3. The first-order valence-electron chi connectivity index (χ1n) is 10.1. The van der Waals surface area contributed by atoms with Crippen LogP contribution in [0.1, 0.15) is 5.56 Å². The van der Waals surface area contributed by atoms with E-state index < -0.39 is 0 Å². The number of carbonyl (C=O) groups is 1. The van der Waals surface area contributed by atoms with E-state index in [4.69, 9.17) is 0 Å². The lowest BCUT2D eigenvalue weighted by atomic mass is 10.1. The Balaban J connectivity index is 1.21. The molecule has 152 valence electrons. The summed E-state index contributed by atoms with van der Waals surface area (Å²) in [6.45, 7) is 5.21. The molecule has 0 aliphatic carbocycles. The zero-order valence-electron chi connectivity index (χ0n) is 16.8. The maximum absolute atomic E-state index is 13.1. The van der Waals surface area contributed by atoms with Crippen LogP contribution in [0.4, 0.5) is 10.1 Å². The third-order valence-electron chi connectivity index (χ3n) is 5.64. The van der Waals surface area contributed by atoms with Gasteiger partial charge >= 0.3 is 0 Å². The zero-order valence-corrected chi connectivity index (χ0v) is 16.8. The van der Waals surface area contributed by atoms with Crippen LogP contribution in [0, 0.1) is 5.82 Å². The lowest BCUT2D eigenvalue weighted by Gasteiger charge is -2.36. The predicted octanol–water partition coefficient (Wildman–Crippen LogP) is 2.80. The Bertz CT molecular complexity index is 974. The van der Waals surface area contributed by atoms with Crippen LogP contribution in [0.15, 0.2) is 54.7 Å². The minimum atomic E-state index is -0.202. The molecule has 1 saturated heterocycles. The van der Waals surface area contributed by atoms with Crippen molar-refractivity contribution < 1.29 is 9.18 Å². The summed E-state index contributed by atoms with van der Waals surface area (Å²) in [6, 6.07) is 14.8. The molecule has 0 saturated carbocycles. The molecule has 1 N–H and O–H groups in total. The van der Waals surface area contributed by atoms with E-state index in [0.717, 1.165) is 54.9 Å².